The Hall–Kier alpha value is -3.57. The first-order chi connectivity index (χ1) is 14.5. The fourth-order valence-electron chi connectivity index (χ4n) is 3.79. The lowest BCUT2D eigenvalue weighted by Gasteiger charge is -2.36. The second kappa shape index (κ2) is 8.43. The first kappa shape index (κ1) is 19.7. The van der Waals surface area contributed by atoms with Gasteiger partial charge < -0.3 is 9.57 Å². The number of hydroxylamine groups is 2. The van der Waals surface area contributed by atoms with Gasteiger partial charge in [0.05, 0.1) is 18.2 Å². The molecule has 2 aromatic rings. The summed E-state index contributed by atoms with van der Waals surface area (Å²) in [6.45, 7) is 1.99. The van der Waals surface area contributed by atoms with Crippen molar-refractivity contribution in [2.24, 2.45) is 0 Å². The molecule has 30 heavy (non-hydrogen) atoms. The van der Waals surface area contributed by atoms with Crippen LogP contribution in [0.15, 0.2) is 54.6 Å². The van der Waals surface area contributed by atoms with Gasteiger partial charge in [-0.05, 0) is 23.8 Å². The molecular formula is C22H22N4O4. The van der Waals surface area contributed by atoms with Crippen molar-refractivity contribution in [3.63, 3.8) is 0 Å². The predicted octanol–water partition coefficient (Wildman–Crippen LogP) is 3.51. The van der Waals surface area contributed by atoms with Gasteiger partial charge in [-0.2, -0.15) is 5.26 Å². The number of amides is 2. The van der Waals surface area contributed by atoms with E-state index in [9.17, 15) is 9.59 Å². The summed E-state index contributed by atoms with van der Waals surface area (Å²) in [5, 5.41) is 13.1. The van der Waals surface area contributed by atoms with Crippen molar-refractivity contribution in [2.45, 2.75) is 25.0 Å². The number of nitrogens with one attached hydrogen (secondary N) is 1. The third kappa shape index (κ3) is 4.53. The van der Waals surface area contributed by atoms with Crippen LogP contribution < -0.4 is 5.32 Å². The van der Waals surface area contributed by atoms with Crippen LogP contribution >= 0.6 is 0 Å². The predicted molar refractivity (Wildman–Crippen MR) is 108 cm³/mol. The lowest BCUT2D eigenvalue weighted by molar-refractivity contribution is -0.138. The third-order valence-corrected chi connectivity index (χ3v) is 5.34. The number of hydrogen-bond donors (Lipinski definition) is 1. The molecule has 0 aromatic heterocycles. The number of anilines is 1. The molecule has 0 bridgehead atoms. The molecule has 1 spiro atoms. The lowest BCUT2D eigenvalue weighted by atomic mass is 9.92. The Morgan fingerprint density at radius 2 is 1.93 bits per heavy atom. The van der Waals surface area contributed by atoms with E-state index in [0.29, 0.717) is 50.3 Å². The van der Waals surface area contributed by atoms with Gasteiger partial charge in [0.25, 0.3) is 0 Å². The highest BCUT2D eigenvalue weighted by atomic mass is 16.7. The van der Waals surface area contributed by atoms with Crippen LogP contribution in [0.5, 0.6) is 0 Å². The number of hydrogen-bond acceptors (Lipinski definition) is 6. The lowest BCUT2D eigenvalue weighted by Crippen LogP contribution is -2.47. The van der Waals surface area contributed by atoms with Crippen LogP contribution in [0.3, 0.4) is 0 Å². The van der Waals surface area contributed by atoms with E-state index in [1.54, 1.807) is 34.2 Å². The van der Waals surface area contributed by atoms with Gasteiger partial charge in [-0.1, -0.05) is 36.4 Å². The second-order valence-corrected chi connectivity index (χ2v) is 7.52. The Labute approximate surface area is 174 Å². The number of rotatable bonds is 4. The number of carbonyl (C=O) groups is 2. The zero-order chi connectivity index (χ0) is 21.0. The van der Waals surface area contributed by atoms with Crippen LogP contribution in [0.1, 0.15) is 24.0 Å². The molecule has 154 valence electrons. The molecule has 2 aromatic carbocycles. The van der Waals surface area contributed by atoms with Crippen molar-refractivity contribution in [3.05, 3.63) is 65.7 Å². The monoisotopic (exact) mass is 406 g/mol. The number of benzene rings is 2. The average Bonchev–Trinajstić information content (AvgIpc) is 3.05. The molecule has 2 heterocycles. The Morgan fingerprint density at radius 3 is 2.67 bits per heavy atom. The largest absolute Gasteiger partial charge is 0.441 e. The second-order valence-electron chi connectivity index (χ2n) is 7.52. The smallest absolute Gasteiger partial charge is 0.430 e. The first-order valence-corrected chi connectivity index (χ1v) is 9.81. The third-order valence-electron chi connectivity index (χ3n) is 5.34. The molecule has 0 unspecified atom stereocenters. The minimum absolute atomic E-state index is 0.302. The first-order valence-electron chi connectivity index (χ1n) is 9.81. The molecule has 0 aliphatic carbocycles. The van der Waals surface area contributed by atoms with Gasteiger partial charge in [0.1, 0.15) is 5.60 Å². The summed E-state index contributed by atoms with van der Waals surface area (Å²) in [6.07, 6.45) is 0.251. The van der Waals surface area contributed by atoms with Gasteiger partial charge in [-0.25, -0.2) is 9.59 Å². The molecule has 4 rings (SSSR count). The van der Waals surface area contributed by atoms with E-state index in [4.69, 9.17) is 14.8 Å². The molecule has 8 heteroatoms. The summed E-state index contributed by atoms with van der Waals surface area (Å²) >= 11 is 0. The molecule has 2 aliphatic rings. The van der Waals surface area contributed by atoms with Crippen LogP contribution in [0.2, 0.25) is 0 Å². The Bertz CT molecular complexity index is 965. The molecule has 2 aliphatic heterocycles. The Kier molecular flexibility index (Phi) is 5.55. The SMILES string of the molecule is N#Cc1cccc(NC(=O)ON2CCC3(CC2)CN(Cc2ccccc2)C(=O)O3)c1. The van der Waals surface area contributed by atoms with Crippen LogP contribution in [-0.2, 0) is 16.1 Å². The van der Waals surface area contributed by atoms with Crippen molar-refractivity contribution < 1.29 is 19.2 Å². The fraction of sp³-hybridized carbons (Fsp3) is 0.318. The highest BCUT2D eigenvalue weighted by Gasteiger charge is 2.47. The number of ether oxygens (including phenoxy) is 1. The van der Waals surface area contributed by atoms with E-state index in [0.717, 1.165) is 5.56 Å². The van der Waals surface area contributed by atoms with Crippen LogP contribution in [0, 0.1) is 11.3 Å². The number of nitrogens with zero attached hydrogens (tertiary/aromatic N) is 3. The molecule has 0 saturated carbocycles. The summed E-state index contributed by atoms with van der Waals surface area (Å²) in [4.78, 5) is 31.6. The van der Waals surface area contributed by atoms with E-state index in [1.807, 2.05) is 36.4 Å². The standard InChI is InChI=1S/C22H22N4O4/c23-14-18-7-4-8-19(13-18)24-20(27)30-26-11-9-22(10-12-26)16-25(21(28)29-22)15-17-5-2-1-3-6-17/h1-8,13H,9-12,15-16H2,(H,24,27). The molecule has 0 atom stereocenters. The van der Waals surface area contributed by atoms with Crippen LogP contribution in [0.4, 0.5) is 15.3 Å². The van der Waals surface area contributed by atoms with E-state index < -0.39 is 11.7 Å². The maximum absolute atomic E-state index is 12.3. The Balaban J connectivity index is 1.28. The van der Waals surface area contributed by atoms with E-state index in [1.165, 1.54) is 0 Å². The van der Waals surface area contributed by atoms with Crippen molar-refractivity contribution >= 4 is 17.9 Å². The van der Waals surface area contributed by atoms with Crippen LogP contribution in [0.25, 0.3) is 0 Å². The van der Waals surface area contributed by atoms with Gasteiger partial charge in [0.2, 0.25) is 0 Å². The van der Waals surface area contributed by atoms with Gasteiger partial charge in [0, 0.05) is 38.2 Å². The van der Waals surface area contributed by atoms with Crippen molar-refractivity contribution in [3.8, 4) is 6.07 Å². The molecule has 1 N–H and O–H groups in total. The van der Waals surface area contributed by atoms with Crippen molar-refractivity contribution in [2.75, 3.05) is 25.0 Å². The zero-order valence-corrected chi connectivity index (χ0v) is 16.4. The van der Waals surface area contributed by atoms with Gasteiger partial charge in [-0.3, -0.25) is 10.2 Å². The average molecular weight is 406 g/mol. The maximum atomic E-state index is 12.3. The number of piperidine rings is 1. The summed E-state index contributed by atoms with van der Waals surface area (Å²) < 4.78 is 5.72. The minimum atomic E-state index is -0.616. The van der Waals surface area contributed by atoms with Crippen LogP contribution in [-0.4, -0.2) is 47.4 Å². The molecule has 8 nitrogen and oxygen atoms in total. The number of nitriles is 1. The van der Waals surface area contributed by atoms with E-state index >= 15 is 0 Å². The molecular weight excluding hydrogens is 384 g/mol. The fourth-order valence-corrected chi connectivity index (χ4v) is 3.79. The van der Waals surface area contributed by atoms with Gasteiger partial charge in [0.15, 0.2) is 0 Å². The highest BCUT2D eigenvalue weighted by Crippen LogP contribution is 2.34. The quantitative estimate of drug-likeness (QED) is 0.835. The number of carbonyl (C=O) groups excluding carboxylic acids is 2. The summed E-state index contributed by atoms with van der Waals surface area (Å²) in [5.41, 5.74) is 1.47. The molecule has 2 saturated heterocycles. The minimum Gasteiger partial charge on any atom is -0.441 e. The van der Waals surface area contributed by atoms with E-state index in [-0.39, 0.29) is 6.09 Å². The topological polar surface area (TPSA) is 94.9 Å². The molecule has 2 fully saturated rings. The molecule has 2 amide bonds. The summed E-state index contributed by atoms with van der Waals surface area (Å²) in [7, 11) is 0. The van der Waals surface area contributed by atoms with Gasteiger partial charge in [-0.15, -0.1) is 5.06 Å². The summed E-state index contributed by atoms with van der Waals surface area (Å²) in [5.74, 6) is 0. The molecule has 0 radical (unpaired) electrons. The van der Waals surface area contributed by atoms with Crippen molar-refractivity contribution in [1.82, 2.24) is 9.96 Å². The summed E-state index contributed by atoms with van der Waals surface area (Å²) in [6, 6.07) is 18.4. The van der Waals surface area contributed by atoms with Crippen molar-refractivity contribution in [1.29, 1.82) is 5.26 Å². The zero-order valence-electron chi connectivity index (χ0n) is 16.4. The Morgan fingerprint density at radius 1 is 1.17 bits per heavy atom. The highest BCUT2D eigenvalue weighted by molar-refractivity contribution is 5.84. The maximum Gasteiger partial charge on any atom is 0.430 e. The van der Waals surface area contributed by atoms with Gasteiger partial charge >= 0.3 is 12.2 Å². The van der Waals surface area contributed by atoms with E-state index in [2.05, 4.69) is 5.32 Å². The normalized spacial score (nSPS) is 18.0.